The van der Waals surface area contributed by atoms with Crippen LogP contribution in [0.2, 0.25) is 0 Å². The van der Waals surface area contributed by atoms with Gasteiger partial charge in [0.25, 0.3) is 0 Å². The fourth-order valence-electron chi connectivity index (χ4n) is 1.62. The Labute approximate surface area is 107 Å². The predicted molar refractivity (Wildman–Crippen MR) is 60.1 cm³/mol. The zero-order valence-corrected chi connectivity index (χ0v) is 9.97. The van der Waals surface area contributed by atoms with Gasteiger partial charge >= 0.3 is 12.6 Å². The van der Waals surface area contributed by atoms with E-state index in [2.05, 4.69) is 4.74 Å². The van der Waals surface area contributed by atoms with Gasteiger partial charge in [-0.25, -0.2) is 4.79 Å². The lowest BCUT2D eigenvalue weighted by molar-refractivity contribution is -0.147. The van der Waals surface area contributed by atoms with E-state index >= 15 is 0 Å². The third-order valence-corrected chi connectivity index (χ3v) is 2.34. The minimum Gasteiger partial charge on any atom is -0.479 e. The number of aliphatic hydroxyl groups excluding tert-OH is 1. The summed E-state index contributed by atoms with van der Waals surface area (Å²) in [5.41, 5.74) is -0.189. The van der Waals surface area contributed by atoms with E-state index in [-0.39, 0.29) is 29.1 Å². The van der Waals surface area contributed by atoms with Gasteiger partial charge in [-0.3, -0.25) is 4.79 Å². The van der Waals surface area contributed by atoms with Crippen LogP contribution in [0.1, 0.15) is 24.2 Å². The lowest BCUT2D eigenvalue weighted by atomic mass is 9.97. The number of ether oxygens (including phenoxy) is 1. The Morgan fingerprint density at radius 2 is 2.00 bits per heavy atom. The lowest BCUT2D eigenvalue weighted by Crippen LogP contribution is -2.16. The van der Waals surface area contributed by atoms with Crippen molar-refractivity contribution in [3.05, 3.63) is 29.3 Å². The first-order valence-electron chi connectivity index (χ1n) is 5.29. The van der Waals surface area contributed by atoms with E-state index in [0.717, 1.165) is 0 Å². The Bertz CT molecular complexity index is 487. The zero-order valence-electron chi connectivity index (χ0n) is 9.97. The summed E-state index contributed by atoms with van der Waals surface area (Å²) in [7, 11) is 0. The molecule has 1 atom stereocenters. The highest BCUT2D eigenvalue weighted by molar-refractivity contribution is 5.81. The highest BCUT2D eigenvalue weighted by Gasteiger charge is 2.23. The molecule has 0 aliphatic heterocycles. The number of benzene rings is 1. The number of halogens is 2. The number of aliphatic carboxylic acids is 1. The maximum atomic E-state index is 12.2. The Hall–Kier alpha value is -2.02. The van der Waals surface area contributed by atoms with Crippen LogP contribution in [-0.2, 0) is 16.0 Å². The minimum atomic E-state index is -3.11. The third kappa shape index (κ3) is 3.99. The number of carboxylic acids is 1. The smallest absolute Gasteiger partial charge is 0.387 e. The summed E-state index contributed by atoms with van der Waals surface area (Å²) in [5.74, 6) is -2.23. The molecule has 0 bridgehead atoms. The molecule has 0 aliphatic rings. The normalized spacial score (nSPS) is 12.3. The Balaban J connectivity index is 3.28. The van der Waals surface area contributed by atoms with Crippen molar-refractivity contribution in [1.82, 2.24) is 0 Å². The summed E-state index contributed by atoms with van der Waals surface area (Å²) in [6.07, 6.45) is -2.21. The van der Waals surface area contributed by atoms with E-state index in [4.69, 9.17) is 5.11 Å². The SMILES string of the molecule is CC(=O)Cc1c(OC(F)F)cccc1C(O)C(=O)O. The van der Waals surface area contributed by atoms with Crippen molar-refractivity contribution in [2.45, 2.75) is 26.1 Å². The van der Waals surface area contributed by atoms with E-state index in [0.29, 0.717) is 0 Å². The fourth-order valence-corrected chi connectivity index (χ4v) is 1.62. The third-order valence-electron chi connectivity index (χ3n) is 2.34. The number of carboxylic acid groups (broad SMARTS) is 1. The molecule has 5 nitrogen and oxygen atoms in total. The van der Waals surface area contributed by atoms with Crippen molar-refractivity contribution in [2.75, 3.05) is 0 Å². The highest BCUT2D eigenvalue weighted by atomic mass is 19.3. The quantitative estimate of drug-likeness (QED) is 0.822. The number of Topliss-reactive ketones (excluding diaryl/α,β-unsaturated/α-hetero) is 1. The van der Waals surface area contributed by atoms with Crippen LogP contribution in [0.25, 0.3) is 0 Å². The summed E-state index contributed by atoms with van der Waals surface area (Å²) in [6, 6.07) is 3.70. The standard InChI is InChI=1S/C12H12F2O5/c1-6(15)5-8-7(10(16)11(17)18)3-2-4-9(8)19-12(13)14/h2-4,10,12,16H,5H2,1H3,(H,17,18). The fraction of sp³-hybridized carbons (Fsp3) is 0.333. The van der Waals surface area contributed by atoms with Crippen LogP contribution < -0.4 is 4.74 Å². The molecule has 0 radical (unpaired) electrons. The van der Waals surface area contributed by atoms with Crippen molar-refractivity contribution in [1.29, 1.82) is 0 Å². The largest absolute Gasteiger partial charge is 0.479 e. The maximum absolute atomic E-state index is 12.2. The summed E-state index contributed by atoms with van der Waals surface area (Å²) < 4.78 is 28.7. The van der Waals surface area contributed by atoms with E-state index < -0.39 is 18.7 Å². The second kappa shape index (κ2) is 6.24. The van der Waals surface area contributed by atoms with E-state index in [9.17, 15) is 23.5 Å². The molecule has 19 heavy (non-hydrogen) atoms. The average molecular weight is 274 g/mol. The molecule has 0 fully saturated rings. The van der Waals surface area contributed by atoms with Crippen LogP contribution in [0.5, 0.6) is 5.75 Å². The molecule has 0 heterocycles. The second-order valence-electron chi connectivity index (χ2n) is 3.82. The van der Waals surface area contributed by atoms with E-state index in [1.54, 1.807) is 0 Å². The first kappa shape index (κ1) is 15.0. The van der Waals surface area contributed by atoms with Gasteiger partial charge in [-0.05, 0) is 18.6 Å². The molecular formula is C12H12F2O5. The van der Waals surface area contributed by atoms with Gasteiger partial charge in [0.1, 0.15) is 11.5 Å². The van der Waals surface area contributed by atoms with Crippen LogP contribution in [0.15, 0.2) is 18.2 Å². The van der Waals surface area contributed by atoms with Crippen LogP contribution in [-0.4, -0.2) is 28.6 Å². The predicted octanol–water partition coefficient (Wildman–Crippen LogP) is 1.54. The van der Waals surface area contributed by atoms with Crippen LogP contribution in [0.3, 0.4) is 0 Å². The topological polar surface area (TPSA) is 83.8 Å². The summed E-state index contributed by atoms with van der Waals surface area (Å²) in [4.78, 5) is 21.9. The highest BCUT2D eigenvalue weighted by Crippen LogP contribution is 2.29. The molecule has 1 unspecified atom stereocenters. The molecule has 1 aromatic rings. The molecule has 1 aromatic carbocycles. The van der Waals surface area contributed by atoms with Crippen molar-refractivity contribution in [2.24, 2.45) is 0 Å². The number of carbonyl (C=O) groups excluding carboxylic acids is 1. The van der Waals surface area contributed by atoms with Crippen LogP contribution in [0, 0.1) is 0 Å². The van der Waals surface area contributed by atoms with Crippen molar-refractivity contribution >= 4 is 11.8 Å². The number of carbonyl (C=O) groups is 2. The Morgan fingerprint density at radius 1 is 1.37 bits per heavy atom. The number of rotatable bonds is 6. The minimum absolute atomic E-state index is 0.0507. The zero-order chi connectivity index (χ0) is 14.6. The van der Waals surface area contributed by atoms with Gasteiger partial charge in [-0.15, -0.1) is 0 Å². The van der Waals surface area contributed by atoms with Crippen molar-refractivity contribution < 1.29 is 33.3 Å². The number of aliphatic hydroxyl groups is 1. The molecule has 0 aliphatic carbocycles. The summed E-state index contributed by atoms with van der Waals surface area (Å²) >= 11 is 0. The van der Waals surface area contributed by atoms with E-state index in [1.165, 1.54) is 25.1 Å². The van der Waals surface area contributed by atoms with Gasteiger partial charge < -0.3 is 14.9 Å². The van der Waals surface area contributed by atoms with Gasteiger partial charge in [0.05, 0.1) is 0 Å². The summed E-state index contributed by atoms with van der Waals surface area (Å²) in [5, 5.41) is 18.2. The Kier molecular flexibility index (Phi) is 4.94. The lowest BCUT2D eigenvalue weighted by Gasteiger charge is -2.16. The van der Waals surface area contributed by atoms with Gasteiger partial charge in [0.2, 0.25) is 0 Å². The molecule has 0 aromatic heterocycles. The number of ketones is 1. The van der Waals surface area contributed by atoms with E-state index in [1.807, 2.05) is 0 Å². The molecule has 2 N–H and O–H groups in total. The maximum Gasteiger partial charge on any atom is 0.387 e. The summed E-state index contributed by atoms with van der Waals surface area (Å²) in [6.45, 7) is -1.89. The number of alkyl halides is 2. The molecule has 104 valence electrons. The van der Waals surface area contributed by atoms with Gasteiger partial charge in [0, 0.05) is 12.0 Å². The van der Waals surface area contributed by atoms with Crippen LogP contribution in [0.4, 0.5) is 8.78 Å². The molecule has 0 saturated carbocycles. The van der Waals surface area contributed by atoms with Gasteiger partial charge in [-0.1, -0.05) is 12.1 Å². The Morgan fingerprint density at radius 3 is 2.47 bits per heavy atom. The molecule has 0 saturated heterocycles. The second-order valence-corrected chi connectivity index (χ2v) is 3.82. The first-order chi connectivity index (χ1) is 8.82. The monoisotopic (exact) mass is 274 g/mol. The first-order valence-corrected chi connectivity index (χ1v) is 5.29. The molecule has 0 spiro atoms. The molecule has 7 heteroatoms. The molecule has 1 rings (SSSR count). The van der Waals surface area contributed by atoms with Gasteiger partial charge in [0.15, 0.2) is 6.10 Å². The van der Waals surface area contributed by atoms with Gasteiger partial charge in [-0.2, -0.15) is 8.78 Å². The molecule has 0 amide bonds. The number of hydrogen-bond donors (Lipinski definition) is 2. The van der Waals surface area contributed by atoms with Crippen molar-refractivity contribution in [3.63, 3.8) is 0 Å². The molecular weight excluding hydrogens is 262 g/mol. The van der Waals surface area contributed by atoms with Crippen LogP contribution >= 0.6 is 0 Å². The average Bonchev–Trinajstić information content (AvgIpc) is 2.29. The number of hydrogen-bond acceptors (Lipinski definition) is 4. The van der Waals surface area contributed by atoms with Crippen molar-refractivity contribution in [3.8, 4) is 5.75 Å².